The van der Waals surface area contributed by atoms with Crippen LogP contribution in [0.25, 0.3) is 0 Å². The average molecular weight is 285 g/mol. The summed E-state index contributed by atoms with van der Waals surface area (Å²) in [6, 6.07) is 3.86. The highest BCUT2D eigenvalue weighted by atomic mass is 35.5. The Labute approximate surface area is 119 Å². The van der Waals surface area contributed by atoms with Gasteiger partial charge in [-0.2, -0.15) is 0 Å². The molecule has 1 unspecified atom stereocenters. The molecule has 0 fully saturated rings. The van der Waals surface area contributed by atoms with Crippen LogP contribution in [0.3, 0.4) is 0 Å². The van der Waals surface area contributed by atoms with Crippen LogP contribution in [0.15, 0.2) is 12.1 Å². The maximum absolute atomic E-state index is 10.5. The zero-order valence-electron chi connectivity index (χ0n) is 11.9. The van der Waals surface area contributed by atoms with E-state index in [-0.39, 0.29) is 12.5 Å². The Morgan fingerprint density at radius 2 is 2.00 bits per heavy atom. The van der Waals surface area contributed by atoms with Crippen molar-refractivity contribution in [2.45, 2.75) is 52.6 Å². The van der Waals surface area contributed by atoms with Crippen LogP contribution in [-0.2, 0) is 4.79 Å². The minimum Gasteiger partial charge on any atom is -0.490 e. The monoisotopic (exact) mass is 284 g/mol. The Morgan fingerprint density at radius 1 is 1.37 bits per heavy atom. The van der Waals surface area contributed by atoms with Crippen LogP contribution in [0.2, 0.25) is 5.02 Å². The summed E-state index contributed by atoms with van der Waals surface area (Å²) < 4.78 is 5.82. The second-order valence-corrected chi connectivity index (χ2v) is 5.56. The zero-order chi connectivity index (χ0) is 14.6. The fraction of sp³-hybridized carbons (Fsp3) is 0.533. The topological polar surface area (TPSA) is 46.5 Å². The lowest BCUT2D eigenvalue weighted by atomic mass is 10.0. The molecule has 3 nitrogen and oxygen atoms in total. The van der Waals surface area contributed by atoms with E-state index in [0.717, 1.165) is 21.9 Å². The lowest BCUT2D eigenvalue weighted by molar-refractivity contribution is -0.137. The normalized spacial score (nSPS) is 12.5. The largest absolute Gasteiger partial charge is 0.490 e. The first kappa shape index (κ1) is 15.8. The van der Waals surface area contributed by atoms with E-state index in [9.17, 15) is 4.79 Å². The van der Waals surface area contributed by atoms with E-state index in [1.54, 1.807) is 0 Å². The molecule has 1 N–H and O–H groups in total. The summed E-state index contributed by atoms with van der Waals surface area (Å²) in [7, 11) is 0. The van der Waals surface area contributed by atoms with Gasteiger partial charge >= 0.3 is 5.97 Å². The molecule has 0 aliphatic carbocycles. The van der Waals surface area contributed by atoms with Gasteiger partial charge in [-0.3, -0.25) is 4.79 Å². The Bertz CT molecular complexity index is 455. The molecule has 0 saturated heterocycles. The van der Waals surface area contributed by atoms with Crippen molar-refractivity contribution in [3.63, 3.8) is 0 Å². The maximum atomic E-state index is 10.5. The van der Waals surface area contributed by atoms with Crippen LogP contribution in [0, 0.1) is 6.92 Å². The van der Waals surface area contributed by atoms with E-state index in [1.807, 2.05) is 26.0 Å². The molecule has 0 radical (unpaired) electrons. The fourth-order valence-corrected chi connectivity index (χ4v) is 2.28. The predicted octanol–water partition coefficient (Wildman–Crippen LogP) is 4.40. The second kappa shape index (κ2) is 6.80. The van der Waals surface area contributed by atoms with Crippen LogP contribution in [0.4, 0.5) is 0 Å². The van der Waals surface area contributed by atoms with Crippen LogP contribution < -0.4 is 4.74 Å². The lowest BCUT2D eigenvalue weighted by Gasteiger charge is -2.18. The molecular weight excluding hydrogens is 264 g/mol. The Hall–Kier alpha value is -1.22. The van der Waals surface area contributed by atoms with Crippen molar-refractivity contribution in [3.05, 3.63) is 28.3 Å². The second-order valence-electron chi connectivity index (χ2n) is 5.15. The molecule has 0 aliphatic rings. The molecule has 0 spiro atoms. The van der Waals surface area contributed by atoms with E-state index in [1.165, 1.54) is 0 Å². The average Bonchev–Trinajstić information content (AvgIpc) is 2.29. The standard InChI is InChI=1S/C15H21ClO3/c1-9(2)12-8-14(10(3)7-13(12)16)19-11(4)5-6-15(17)18/h7-9,11H,5-6H2,1-4H3,(H,17,18). The van der Waals surface area contributed by atoms with Gasteiger partial charge < -0.3 is 9.84 Å². The Kier molecular flexibility index (Phi) is 5.67. The number of carboxylic acid groups (broad SMARTS) is 1. The highest BCUT2D eigenvalue weighted by Crippen LogP contribution is 2.32. The van der Waals surface area contributed by atoms with Crippen molar-refractivity contribution in [2.75, 3.05) is 0 Å². The van der Waals surface area contributed by atoms with Gasteiger partial charge in [-0.1, -0.05) is 25.4 Å². The molecule has 1 aromatic rings. The number of carbonyl (C=O) groups is 1. The third-order valence-corrected chi connectivity index (χ3v) is 3.34. The molecule has 0 bridgehead atoms. The lowest BCUT2D eigenvalue weighted by Crippen LogP contribution is -2.14. The minimum absolute atomic E-state index is 0.116. The molecule has 19 heavy (non-hydrogen) atoms. The van der Waals surface area contributed by atoms with Gasteiger partial charge in [0.25, 0.3) is 0 Å². The molecular formula is C15H21ClO3. The van der Waals surface area contributed by atoms with Gasteiger partial charge in [0.2, 0.25) is 0 Å². The number of ether oxygens (including phenoxy) is 1. The summed E-state index contributed by atoms with van der Waals surface area (Å²) in [5.41, 5.74) is 2.02. The molecule has 0 heterocycles. The molecule has 1 aromatic carbocycles. The summed E-state index contributed by atoms with van der Waals surface area (Å²) in [5, 5.41) is 9.41. The van der Waals surface area contributed by atoms with Crippen molar-refractivity contribution in [1.82, 2.24) is 0 Å². The van der Waals surface area contributed by atoms with Gasteiger partial charge in [-0.15, -0.1) is 0 Å². The molecule has 1 atom stereocenters. The Balaban J connectivity index is 2.82. The summed E-state index contributed by atoms with van der Waals surface area (Å²) in [6.07, 6.45) is 0.482. The van der Waals surface area contributed by atoms with Gasteiger partial charge in [-0.25, -0.2) is 0 Å². The van der Waals surface area contributed by atoms with Crippen molar-refractivity contribution in [1.29, 1.82) is 0 Å². The molecule has 106 valence electrons. The van der Waals surface area contributed by atoms with Gasteiger partial charge in [0.1, 0.15) is 5.75 Å². The van der Waals surface area contributed by atoms with Gasteiger partial charge in [0.05, 0.1) is 6.10 Å². The number of aliphatic carboxylic acids is 1. The van der Waals surface area contributed by atoms with Crippen molar-refractivity contribution in [3.8, 4) is 5.75 Å². The first-order chi connectivity index (χ1) is 8.81. The number of benzene rings is 1. The van der Waals surface area contributed by atoms with Crippen molar-refractivity contribution >= 4 is 17.6 Å². The van der Waals surface area contributed by atoms with Gasteiger partial charge in [0, 0.05) is 11.4 Å². The first-order valence-corrected chi connectivity index (χ1v) is 6.87. The molecule has 0 amide bonds. The fourth-order valence-electron chi connectivity index (χ4n) is 1.84. The van der Waals surface area contributed by atoms with Gasteiger partial charge in [0.15, 0.2) is 0 Å². The number of hydrogen-bond acceptors (Lipinski definition) is 2. The third kappa shape index (κ3) is 4.75. The number of halogens is 1. The summed E-state index contributed by atoms with van der Waals surface area (Å²) >= 11 is 6.20. The summed E-state index contributed by atoms with van der Waals surface area (Å²) in [5.74, 6) is 0.307. The van der Waals surface area contributed by atoms with Crippen LogP contribution in [0.1, 0.15) is 50.7 Å². The van der Waals surface area contributed by atoms with E-state index in [2.05, 4.69) is 13.8 Å². The van der Waals surface area contributed by atoms with Crippen LogP contribution in [0.5, 0.6) is 5.75 Å². The molecule has 0 saturated carbocycles. The third-order valence-electron chi connectivity index (χ3n) is 3.01. The van der Waals surface area contributed by atoms with E-state index >= 15 is 0 Å². The highest BCUT2D eigenvalue weighted by molar-refractivity contribution is 6.31. The predicted molar refractivity (Wildman–Crippen MR) is 77.2 cm³/mol. The van der Waals surface area contributed by atoms with Crippen LogP contribution >= 0.6 is 11.6 Å². The first-order valence-electron chi connectivity index (χ1n) is 6.49. The SMILES string of the molecule is Cc1cc(Cl)c(C(C)C)cc1OC(C)CCC(=O)O. The number of aryl methyl sites for hydroxylation is 1. The molecule has 1 rings (SSSR count). The maximum Gasteiger partial charge on any atom is 0.303 e. The summed E-state index contributed by atoms with van der Waals surface area (Å²) in [6.45, 7) is 7.98. The summed E-state index contributed by atoms with van der Waals surface area (Å²) in [4.78, 5) is 10.5. The number of carboxylic acids is 1. The van der Waals surface area contributed by atoms with E-state index in [4.69, 9.17) is 21.4 Å². The number of rotatable bonds is 6. The van der Waals surface area contributed by atoms with Crippen LogP contribution in [-0.4, -0.2) is 17.2 Å². The highest BCUT2D eigenvalue weighted by Gasteiger charge is 2.13. The van der Waals surface area contributed by atoms with Crippen molar-refractivity contribution < 1.29 is 14.6 Å². The number of hydrogen-bond donors (Lipinski definition) is 1. The smallest absolute Gasteiger partial charge is 0.303 e. The quantitative estimate of drug-likeness (QED) is 0.842. The van der Waals surface area contributed by atoms with Gasteiger partial charge in [-0.05, 0) is 49.4 Å². The van der Waals surface area contributed by atoms with E-state index in [0.29, 0.717) is 12.3 Å². The minimum atomic E-state index is -0.800. The zero-order valence-corrected chi connectivity index (χ0v) is 12.6. The Morgan fingerprint density at radius 3 is 2.53 bits per heavy atom. The molecule has 0 aliphatic heterocycles. The van der Waals surface area contributed by atoms with Crippen molar-refractivity contribution in [2.24, 2.45) is 0 Å². The molecule has 4 heteroatoms. The molecule has 0 aromatic heterocycles. The van der Waals surface area contributed by atoms with E-state index < -0.39 is 5.97 Å².